The van der Waals surface area contributed by atoms with E-state index in [1.54, 1.807) is 7.11 Å². The van der Waals surface area contributed by atoms with Gasteiger partial charge in [0, 0.05) is 7.11 Å². The van der Waals surface area contributed by atoms with Crippen LogP contribution < -0.4 is 0 Å². The molecule has 1 atom stereocenters. The van der Waals surface area contributed by atoms with Crippen molar-refractivity contribution in [3.05, 3.63) is 0 Å². The third-order valence-corrected chi connectivity index (χ3v) is 3.62. The van der Waals surface area contributed by atoms with E-state index in [0.717, 1.165) is 12.8 Å². The minimum absolute atomic E-state index is 0.308. The van der Waals surface area contributed by atoms with Crippen molar-refractivity contribution in [3.63, 3.8) is 0 Å². The van der Waals surface area contributed by atoms with Crippen molar-refractivity contribution in [1.29, 1.82) is 0 Å². The second-order valence-corrected chi connectivity index (χ2v) is 4.20. The molecule has 0 rings (SSSR count). The SMILES string of the molecule is CCC(O)(CC)[C@](C)(OC)C(C)C. The first kappa shape index (κ1) is 12.9. The van der Waals surface area contributed by atoms with Gasteiger partial charge in [-0.3, -0.25) is 0 Å². The van der Waals surface area contributed by atoms with E-state index in [1.165, 1.54) is 0 Å². The Balaban J connectivity index is 4.91. The standard InChI is InChI=1S/C11H24O2/c1-7-11(12,8-2)10(5,13-6)9(3)4/h9,12H,7-8H2,1-6H3/t10-/m1/s1. The molecule has 2 heteroatoms. The number of methoxy groups -OCH3 is 1. The molecule has 0 spiro atoms. The summed E-state index contributed by atoms with van der Waals surface area (Å²) in [5.41, 5.74) is -1.16. The summed E-state index contributed by atoms with van der Waals surface area (Å²) < 4.78 is 5.50. The Morgan fingerprint density at radius 3 is 1.69 bits per heavy atom. The van der Waals surface area contributed by atoms with E-state index < -0.39 is 11.2 Å². The second kappa shape index (κ2) is 4.43. The quantitative estimate of drug-likeness (QED) is 0.718. The third kappa shape index (κ3) is 2.05. The largest absolute Gasteiger partial charge is 0.387 e. The van der Waals surface area contributed by atoms with Gasteiger partial charge in [-0.2, -0.15) is 0 Å². The molecule has 0 radical (unpaired) electrons. The predicted octanol–water partition coefficient (Wildman–Crippen LogP) is 2.60. The smallest absolute Gasteiger partial charge is 0.0958 e. The molecular weight excluding hydrogens is 164 g/mol. The van der Waals surface area contributed by atoms with Gasteiger partial charge >= 0.3 is 0 Å². The van der Waals surface area contributed by atoms with Crippen LogP contribution in [-0.4, -0.2) is 23.4 Å². The van der Waals surface area contributed by atoms with Crippen LogP contribution in [-0.2, 0) is 4.74 Å². The van der Waals surface area contributed by atoms with E-state index in [2.05, 4.69) is 13.8 Å². The van der Waals surface area contributed by atoms with Crippen LogP contribution in [0.4, 0.5) is 0 Å². The van der Waals surface area contributed by atoms with Gasteiger partial charge in [0.2, 0.25) is 0 Å². The molecule has 80 valence electrons. The van der Waals surface area contributed by atoms with Gasteiger partial charge < -0.3 is 9.84 Å². The van der Waals surface area contributed by atoms with Gasteiger partial charge in [0.1, 0.15) is 0 Å². The highest BCUT2D eigenvalue weighted by molar-refractivity contribution is 4.98. The molecule has 13 heavy (non-hydrogen) atoms. The molecule has 0 unspecified atom stereocenters. The van der Waals surface area contributed by atoms with Crippen LogP contribution in [0, 0.1) is 5.92 Å². The number of hydrogen-bond acceptors (Lipinski definition) is 2. The Morgan fingerprint density at radius 1 is 1.23 bits per heavy atom. The van der Waals surface area contributed by atoms with Crippen molar-refractivity contribution in [2.24, 2.45) is 5.92 Å². The van der Waals surface area contributed by atoms with Crippen molar-refractivity contribution in [3.8, 4) is 0 Å². The fourth-order valence-electron chi connectivity index (χ4n) is 1.92. The molecule has 0 aliphatic rings. The number of hydrogen-bond donors (Lipinski definition) is 1. The van der Waals surface area contributed by atoms with Crippen LogP contribution in [0.3, 0.4) is 0 Å². The molecule has 0 aromatic rings. The van der Waals surface area contributed by atoms with Gasteiger partial charge in [-0.05, 0) is 25.7 Å². The highest BCUT2D eigenvalue weighted by Crippen LogP contribution is 2.37. The minimum atomic E-state index is -0.712. The van der Waals surface area contributed by atoms with Gasteiger partial charge in [-0.25, -0.2) is 0 Å². The lowest BCUT2D eigenvalue weighted by Gasteiger charge is -2.46. The zero-order chi connectivity index (χ0) is 10.7. The maximum absolute atomic E-state index is 10.4. The second-order valence-electron chi connectivity index (χ2n) is 4.20. The maximum Gasteiger partial charge on any atom is 0.0958 e. The molecule has 0 saturated carbocycles. The average Bonchev–Trinajstić information content (AvgIpc) is 2.14. The summed E-state index contributed by atoms with van der Waals surface area (Å²) in [5, 5.41) is 10.4. The molecule has 0 aromatic carbocycles. The molecule has 2 nitrogen and oxygen atoms in total. The van der Waals surface area contributed by atoms with E-state index in [9.17, 15) is 5.11 Å². The Morgan fingerprint density at radius 2 is 1.62 bits per heavy atom. The molecule has 0 saturated heterocycles. The molecular formula is C11H24O2. The minimum Gasteiger partial charge on any atom is -0.387 e. The van der Waals surface area contributed by atoms with Crippen LogP contribution in [0.2, 0.25) is 0 Å². The topological polar surface area (TPSA) is 29.5 Å². The number of aliphatic hydroxyl groups is 1. The summed E-state index contributed by atoms with van der Waals surface area (Å²) in [6.45, 7) is 10.2. The first-order valence-electron chi connectivity index (χ1n) is 5.15. The summed E-state index contributed by atoms with van der Waals surface area (Å²) in [4.78, 5) is 0. The van der Waals surface area contributed by atoms with Crippen molar-refractivity contribution in [2.45, 2.75) is 58.7 Å². The molecule has 0 aliphatic heterocycles. The van der Waals surface area contributed by atoms with Crippen molar-refractivity contribution < 1.29 is 9.84 Å². The van der Waals surface area contributed by atoms with Crippen LogP contribution in [0.15, 0.2) is 0 Å². The average molecular weight is 188 g/mol. The summed E-state index contributed by atoms with van der Waals surface area (Å²) in [6, 6.07) is 0. The van der Waals surface area contributed by atoms with E-state index >= 15 is 0 Å². The van der Waals surface area contributed by atoms with E-state index in [1.807, 2.05) is 20.8 Å². The molecule has 0 aliphatic carbocycles. The zero-order valence-electron chi connectivity index (χ0n) is 9.85. The van der Waals surface area contributed by atoms with Crippen LogP contribution >= 0.6 is 0 Å². The molecule has 1 N–H and O–H groups in total. The van der Waals surface area contributed by atoms with Gasteiger partial charge in [-0.1, -0.05) is 27.7 Å². The Hall–Kier alpha value is -0.0800. The first-order chi connectivity index (χ1) is 5.88. The Kier molecular flexibility index (Phi) is 4.40. The lowest BCUT2D eigenvalue weighted by Crippen LogP contribution is -2.56. The van der Waals surface area contributed by atoms with Gasteiger partial charge in [0.05, 0.1) is 11.2 Å². The maximum atomic E-state index is 10.4. The van der Waals surface area contributed by atoms with E-state index in [4.69, 9.17) is 4.74 Å². The first-order valence-corrected chi connectivity index (χ1v) is 5.15. The number of rotatable bonds is 5. The molecule has 0 fully saturated rings. The summed E-state index contributed by atoms with van der Waals surface area (Å²) in [6.07, 6.45) is 1.46. The highest BCUT2D eigenvalue weighted by atomic mass is 16.5. The van der Waals surface area contributed by atoms with Gasteiger partial charge in [0.15, 0.2) is 0 Å². The fourth-order valence-corrected chi connectivity index (χ4v) is 1.92. The zero-order valence-corrected chi connectivity index (χ0v) is 9.85. The lowest BCUT2D eigenvalue weighted by molar-refractivity contribution is -0.185. The van der Waals surface area contributed by atoms with E-state index in [0.29, 0.717) is 5.92 Å². The highest BCUT2D eigenvalue weighted by Gasteiger charge is 2.46. The van der Waals surface area contributed by atoms with Crippen molar-refractivity contribution >= 4 is 0 Å². The fraction of sp³-hybridized carbons (Fsp3) is 1.00. The monoisotopic (exact) mass is 188 g/mol. The van der Waals surface area contributed by atoms with Crippen LogP contribution in [0.25, 0.3) is 0 Å². The normalized spacial score (nSPS) is 17.5. The van der Waals surface area contributed by atoms with Crippen molar-refractivity contribution in [1.82, 2.24) is 0 Å². The summed E-state index contributed by atoms with van der Waals surface area (Å²) in [5.74, 6) is 0.308. The van der Waals surface area contributed by atoms with Crippen LogP contribution in [0.1, 0.15) is 47.5 Å². The summed E-state index contributed by atoms with van der Waals surface area (Å²) >= 11 is 0. The van der Waals surface area contributed by atoms with Crippen LogP contribution in [0.5, 0.6) is 0 Å². The molecule has 0 aromatic heterocycles. The molecule has 0 heterocycles. The molecule has 0 bridgehead atoms. The number of ether oxygens (including phenoxy) is 1. The van der Waals surface area contributed by atoms with Gasteiger partial charge in [-0.15, -0.1) is 0 Å². The van der Waals surface area contributed by atoms with Crippen molar-refractivity contribution in [2.75, 3.05) is 7.11 Å². The van der Waals surface area contributed by atoms with Gasteiger partial charge in [0.25, 0.3) is 0 Å². The summed E-state index contributed by atoms with van der Waals surface area (Å²) in [7, 11) is 1.68. The lowest BCUT2D eigenvalue weighted by atomic mass is 9.73. The predicted molar refractivity (Wildman–Crippen MR) is 55.8 cm³/mol. The Bertz CT molecular complexity index is 150. The third-order valence-electron chi connectivity index (χ3n) is 3.62. The Labute approximate surface area is 82.3 Å². The molecule has 0 amide bonds. The van der Waals surface area contributed by atoms with E-state index in [-0.39, 0.29) is 0 Å².